The maximum atomic E-state index is 14.0. The van der Waals surface area contributed by atoms with E-state index in [0.717, 1.165) is 16.8 Å². The lowest BCUT2D eigenvalue weighted by atomic mass is 10.1. The van der Waals surface area contributed by atoms with Gasteiger partial charge in [-0.15, -0.1) is 0 Å². The van der Waals surface area contributed by atoms with Crippen LogP contribution in [0, 0.1) is 0 Å². The molecule has 0 spiro atoms. The second kappa shape index (κ2) is 14.4. The molecule has 4 N–H and O–H groups in total. The summed E-state index contributed by atoms with van der Waals surface area (Å²) >= 11 is 0. The lowest BCUT2D eigenvalue weighted by Crippen LogP contribution is -2.46. The molecule has 1 fully saturated rings. The van der Waals surface area contributed by atoms with E-state index in [1.54, 1.807) is 32.0 Å². The maximum absolute atomic E-state index is 14.0. The van der Waals surface area contributed by atoms with Crippen molar-refractivity contribution in [2.24, 2.45) is 5.11 Å². The highest BCUT2D eigenvalue weighted by molar-refractivity contribution is 7.52. The number of aromatic amines is 1. The number of aromatic nitrogens is 2. The first-order valence-corrected chi connectivity index (χ1v) is 14.1. The van der Waals surface area contributed by atoms with Crippen LogP contribution < -0.4 is 20.9 Å². The van der Waals surface area contributed by atoms with Gasteiger partial charge in [0.25, 0.3) is 5.56 Å². The molecule has 1 aromatic heterocycles. The van der Waals surface area contributed by atoms with Crippen LogP contribution in [0.25, 0.3) is 10.4 Å². The average molecular weight is 599 g/mol. The quantitative estimate of drug-likeness (QED) is 0.0560. The molecule has 1 aliphatic rings. The summed E-state index contributed by atoms with van der Waals surface area (Å²) < 4.78 is 41.9. The second-order valence-electron chi connectivity index (χ2n) is 8.59. The predicted molar refractivity (Wildman–Crippen MR) is 141 cm³/mol. The standard InChI is InChI=1S/C23H31N6O11P/c1-3-36-13-11-16(21(33)37-4-2)26-41(35,40-15-8-6-5-7-9-15)38-14-23(27-28-24)19(32)18(31)20(39-23)29-12-10-17(30)25-22(29)34/h5-10,12,16,18-20,31-32H,3-4,11,13-14H2,1-2H3,(H,26,35)(H,25,30,34)/t16-,18-,19+,20+,23?,41?/m0/s1. The maximum Gasteiger partial charge on any atom is 0.459 e. The summed E-state index contributed by atoms with van der Waals surface area (Å²) in [6.07, 6.45) is -4.51. The van der Waals surface area contributed by atoms with Gasteiger partial charge in [0, 0.05) is 30.4 Å². The van der Waals surface area contributed by atoms with Gasteiger partial charge in [-0.3, -0.25) is 23.7 Å². The van der Waals surface area contributed by atoms with Gasteiger partial charge in [-0.2, -0.15) is 5.09 Å². The van der Waals surface area contributed by atoms with Crippen molar-refractivity contribution in [1.82, 2.24) is 14.6 Å². The summed E-state index contributed by atoms with van der Waals surface area (Å²) in [5.41, 5.74) is 5.08. The van der Waals surface area contributed by atoms with Gasteiger partial charge in [0.05, 0.1) is 13.2 Å². The van der Waals surface area contributed by atoms with E-state index in [0.29, 0.717) is 6.61 Å². The van der Waals surface area contributed by atoms with Crippen LogP contribution >= 0.6 is 7.75 Å². The number of ether oxygens (including phenoxy) is 3. The van der Waals surface area contributed by atoms with Crippen LogP contribution in [0.1, 0.15) is 26.5 Å². The van der Waals surface area contributed by atoms with Crippen molar-refractivity contribution in [2.45, 2.75) is 50.5 Å². The first kappa shape index (κ1) is 32.0. The number of hydrogen-bond donors (Lipinski definition) is 4. The Balaban J connectivity index is 1.94. The molecular weight excluding hydrogens is 567 g/mol. The Labute approximate surface area is 233 Å². The molecular formula is C23H31N6O11P. The molecule has 224 valence electrons. The molecule has 2 aromatic rings. The van der Waals surface area contributed by atoms with Crippen LogP contribution in [0.15, 0.2) is 57.3 Å². The highest BCUT2D eigenvalue weighted by atomic mass is 31.2. The van der Waals surface area contributed by atoms with Crippen LogP contribution in [0.2, 0.25) is 0 Å². The topological polar surface area (TPSA) is 236 Å². The van der Waals surface area contributed by atoms with Crippen molar-refractivity contribution in [3.8, 4) is 5.75 Å². The van der Waals surface area contributed by atoms with Crippen molar-refractivity contribution in [3.63, 3.8) is 0 Å². The Morgan fingerprint density at radius 1 is 1.27 bits per heavy atom. The number of aliphatic hydroxyl groups is 2. The van der Waals surface area contributed by atoms with E-state index in [9.17, 15) is 34.7 Å². The van der Waals surface area contributed by atoms with Gasteiger partial charge < -0.3 is 28.9 Å². The molecule has 3 rings (SSSR count). The number of carbonyl (C=O) groups excluding carboxylic acids is 1. The van der Waals surface area contributed by atoms with Gasteiger partial charge in [-0.1, -0.05) is 23.3 Å². The van der Waals surface area contributed by atoms with Gasteiger partial charge >= 0.3 is 19.4 Å². The van der Waals surface area contributed by atoms with E-state index in [-0.39, 0.29) is 25.4 Å². The third-order valence-electron chi connectivity index (χ3n) is 5.79. The zero-order valence-electron chi connectivity index (χ0n) is 22.2. The molecule has 0 amide bonds. The number of benzene rings is 1. The van der Waals surface area contributed by atoms with Crippen LogP contribution in [-0.2, 0) is 28.1 Å². The molecule has 17 nitrogen and oxygen atoms in total. The fourth-order valence-electron chi connectivity index (χ4n) is 3.83. The van der Waals surface area contributed by atoms with Gasteiger partial charge in [-0.05, 0) is 37.9 Å². The second-order valence-corrected chi connectivity index (χ2v) is 10.3. The zero-order valence-corrected chi connectivity index (χ0v) is 23.1. The monoisotopic (exact) mass is 598 g/mol. The van der Waals surface area contributed by atoms with Gasteiger partial charge in [0.1, 0.15) is 24.0 Å². The van der Waals surface area contributed by atoms with Crippen molar-refractivity contribution >= 4 is 13.7 Å². The molecule has 0 saturated carbocycles. The van der Waals surface area contributed by atoms with Crippen molar-refractivity contribution < 1.29 is 42.8 Å². The van der Waals surface area contributed by atoms with E-state index < -0.39 is 61.8 Å². The SMILES string of the molecule is CCOCC[C@H](NP(=O)(OCC1(N=[N+]=[N-])O[C@@H](n2ccc(=O)[nH]c2=O)[C@@H](O)[C@H]1O)Oc1ccccc1)C(=O)OCC. The molecule has 18 heteroatoms. The van der Waals surface area contributed by atoms with Crippen LogP contribution in [-0.4, -0.2) is 76.1 Å². The van der Waals surface area contributed by atoms with Crippen molar-refractivity contribution in [1.29, 1.82) is 0 Å². The molecule has 41 heavy (non-hydrogen) atoms. The highest BCUT2D eigenvalue weighted by Crippen LogP contribution is 2.48. The molecule has 1 aromatic carbocycles. The molecule has 1 saturated heterocycles. The van der Waals surface area contributed by atoms with Crippen LogP contribution in [0.5, 0.6) is 5.75 Å². The number of nitrogens with one attached hydrogen (secondary N) is 2. The minimum Gasteiger partial charge on any atom is -0.465 e. The number of nitrogens with zero attached hydrogens (tertiary/aromatic N) is 4. The number of H-pyrrole nitrogens is 1. The fraction of sp³-hybridized carbons (Fsp3) is 0.522. The van der Waals surface area contributed by atoms with E-state index in [4.69, 9.17) is 23.3 Å². The molecule has 2 unspecified atom stereocenters. The molecule has 0 aliphatic carbocycles. The normalized spacial score (nSPS) is 24.1. The minimum atomic E-state index is -4.57. The van der Waals surface area contributed by atoms with E-state index >= 15 is 0 Å². The van der Waals surface area contributed by atoms with E-state index in [1.807, 2.05) is 4.98 Å². The van der Waals surface area contributed by atoms with E-state index in [1.165, 1.54) is 12.1 Å². The smallest absolute Gasteiger partial charge is 0.459 e. The van der Waals surface area contributed by atoms with Crippen LogP contribution in [0.4, 0.5) is 0 Å². The lowest BCUT2D eigenvalue weighted by Gasteiger charge is -2.30. The predicted octanol–water partition coefficient (Wildman–Crippen LogP) is 0.945. The van der Waals surface area contributed by atoms with E-state index in [2.05, 4.69) is 15.1 Å². The summed E-state index contributed by atoms with van der Waals surface area (Å²) in [5, 5.41) is 27.5. The molecule has 0 radical (unpaired) electrons. The van der Waals surface area contributed by atoms with Gasteiger partial charge in [-0.25, -0.2) is 9.36 Å². The van der Waals surface area contributed by atoms with Crippen molar-refractivity contribution in [3.05, 3.63) is 73.9 Å². The Morgan fingerprint density at radius 2 is 2.00 bits per heavy atom. The summed E-state index contributed by atoms with van der Waals surface area (Å²) in [5.74, 6) is -0.707. The Kier molecular flexibility index (Phi) is 11.2. The summed E-state index contributed by atoms with van der Waals surface area (Å²) in [6, 6.07) is 7.51. The van der Waals surface area contributed by atoms with Crippen molar-refractivity contribution in [2.75, 3.05) is 26.4 Å². The minimum absolute atomic E-state index is 0.00863. The molecule has 1 aliphatic heterocycles. The number of rotatable bonds is 15. The third kappa shape index (κ3) is 8.03. The Bertz CT molecular complexity index is 1380. The molecule has 2 heterocycles. The average Bonchev–Trinajstić information content (AvgIpc) is 3.18. The third-order valence-corrected chi connectivity index (χ3v) is 7.34. The number of aliphatic hydroxyl groups excluding tert-OH is 2. The fourth-order valence-corrected chi connectivity index (χ4v) is 5.38. The molecule has 6 atom stereocenters. The number of carbonyl (C=O) groups is 1. The Hall–Kier alpha value is -3.53. The first-order chi connectivity index (χ1) is 19.6. The first-order valence-electron chi connectivity index (χ1n) is 12.5. The Morgan fingerprint density at radius 3 is 2.63 bits per heavy atom. The number of azide groups is 1. The number of hydrogen-bond acceptors (Lipinski definition) is 12. The summed E-state index contributed by atoms with van der Waals surface area (Å²) in [6.45, 7) is 2.83. The number of para-hydroxylation sites is 1. The zero-order chi connectivity index (χ0) is 30.0. The highest BCUT2D eigenvalue weighted by Gasteiger charge is 2.56. The molecule has 0 bridgehead atoms. The van der Waals surface area contributed by atoms with Gasteiger partial charge in [0.2, 0.25) is 5.72 Å². The largest absolute Gasteiger partial charge is 0.465 e. The van der Waals surface area contributed by atoms with Gasteiger partial charge in [0.15, 0.2) is 6.23 Å². The van der Waals surface area contributed by atoms with Crippen LogP contribution in [0.3, 0.4) is 0 Å². The number of esters is 1. The lowest BCUT2D eigenvalue weighted by molar-refractivity contribution is -0.145. The summed E-state index contributed by atoms with van der Waals surface area (Å²) in [4.78, 5) is 41.0. The summed E-state index contributed by atoms with van der Waals surface area (Å²) in [7, 11) is -4.57.